The van der Waals surface area contributed by atoms with Crippen molar-refractivity contribution in [2.45, 2.75) is 33.6 Å². The maximum Gasteiger partial charge on any atom is 0.301 e. The second-order valence-corrected chi connectivity index (χ2v) is 7.35. The lowest BCUT2D eigenvalue weighted by Gasteiger charge is -2.30. The Morgan fingerprint density at radius 3 is 2.70 bits per heavy atom. The first-order valence-electron chi connectivity index (χ1n) is 6.95. The van der Waals surface area contributed by atoms with E-state index >= 15 is 0 Å². The van der Waals surface area contributed by atoms with E-state index in [-0.39, 0.29) is 0 Å². The number of nitrogens with two attached hydrogens (primary N) is 1. The van der Waals surface area contributed by atoms with Crippen molar-refractivity contribution in [3.8, 4) is 0 Å². The summed E-state index contributed by atoms with van der Waals surface area (Å²) in [5.41, 5.74) is 8.88. The highest BCUT2D eigenvalue weighted by Crippen LogP contribution is 2.27. The van der Waals surface area contributed by atoms with Gasteiger partial charge in [0.05, 0.1) is 5.69 Å². The Morgan fingerprint density at radius 2 is 2.05 bits per heavy atom. The Balaban J connectivity index is 2.22. The smallest absolute Gasteiger partial charge is 0.301 e. The summed E-state index contributed by atoms with van der Waals surface area (Å²) in [7, 11) is -3.49. The van der Waals surface area contributed by atoms with Crippen molar-refractivity contribution in [2.75, 3.05) is 23.5 Å². The zero-order chi connectivity index (χ0) is 14.9. The number of rotatable bonds is 3. The summed E-state index contributed by atoms with van der Waals surface area (Å²) in [4.78, 5) is 0. The summed E-state index contributed by atoms with van der Waals surface area (Å²) in [6.07, 6.45) is 2.00. The molecule has 0 bridgehead atoms. The molecule has 5 nitrogen and oxygen atoms in total. The van der Waals surface area contributed by atoms with E-state index in [4.69, 9.17) is 5.73 Å². The first-order valence-corrected chi connectivity index (χ1v) is 8.39. The van der Waals surface area contributed by atoms with E-state index in [0.29, 0.717) is 30.4 Å². The van der Waals surface area contributed by atoms with E-state index in [1.165, 1.54) is 4.31 Å². The minimum absolute atomic E-state index is 0.407. The Morgan fingerprint density at radius 1 is 1.35 bits per heavy atom. The Labute approximate surface area is 121 Å². The first-order chi connectivity index (χ1) is 9.31. The van der Waals surface area contributed by atoms with Crippen molar-refractivity contribution in [3.05, 3.63) is 23.3 Å². The lowest BCUT2D eigenvalue weighted by atomic mass is 10.0. The van der Waals surface area contributed by atoms with Gasteiger partial charge in [0.15, 0.2) is 0 Å². The van der Waals surface area contributed by atoms with E-state index < -0.39 is 10.2 Å². The van der Waals surface area contributed by atoms with Gasteiger partial charge in [-0.2, -0.15) is 12.7 Å². The van der Waals surface area contributed by atoms with E-state index in [1.807, 2.05) is 19.9 Å². The molecule has 2 rings (SSSR count). The molecule has 1 unspecified atom stereocenters. The largest absolute Gasteiger partial charge is 0.398 e. The van der Waals surface area contributed by atoms with Gasteiger partial charge in [0, 0.05) is 18.8 Å². The Bertz CT molecular complexity index is 599. The summed E-state index contributed by atoms with van der Waals surface area (Å²) in [6, 6.07) is 3.60. The number of piperidine rings is 1. The molecule has 0 amide bonds. The normalized spacial score (nSPS) is 20.9. The molecule has 1 saturated heterocycles. The van der Waals surface area contributed by atoms with Crippen LogP contribution in [0, 0.1) is 19.8 Å². The molecule has 1 aromatic carbocycles. The highest BCUT2D eigenvalue weighted by molar-refractivity contribution is 7.90. The number of aryl methyl sites for hydroxylation is 1. The van der Waals surface area contributed by atoms with Gasteiger partial charge in [-0.3, -0.25) is 4.72 Å². The van der Waals surface area contributed by atoms with E-state index in [9.17, 15) is 8.42 Å². The summed E-state index contributed by atoms with van der Waals surface area (Å²) >= 11 is 0. The van der Waals surface area contributed by atoms with Crippen molar-refractivity contribution >= 4 is 21.6 Å². The van der Waals surface area contributed by atoms with Crippen LogP contribution in [0.1, 0.15) is 30.9 Å². The van der Waals surface area contributed by atoms with E-state index in [2.05, 4.69) is 11.6 Å². The van der Waals surface area contributed by atoms with Crippen LogP contribution in [-0.2, 0) is 10.2 Å². The van der Waals surface area contributed by atoms with Crippen molar-refractivity contribution < 1.29 is 8.42 Å². The van der Waals surface area contributed by atoms with E-state index in [1.54, 1.807) is 6.07 Å². The summed E-state index contributed by atoms with van der Waals surface area (Å²) < 4.78 is 29.0. The van der Waals surface area contributed by atoms with Crippen LogP contribution in [0.15, 0.2) is 12.1 Å². The number of anilines is 2. The molecular formula is C14H23N3O2S. The second kappa shape index (κ2) is 5.61. The van der Waals surface area contributed by atoms with Gasteiger partial charge in [-0.25, -0.2) is 0 Å². The minimum Gasteiger partial charge on any atom is -0.398 e. The molecule has 6 heteroatoms. The molecule has 1 aliphatic rings. The third-order valence-corrected chi connectivity index (χ3v) is 5.42. The number of nitrogens with one attached hydrogen (secondary N) is 1. The fraction of sp³-hybridized carbons (Fsp3) is 0.571. The number of benzene rings is 1. The average Bonchev–Trinajstić information content (AvgIpc) is 2.39. The first kappa shape index (κ1) is 15.1. The molecule has 0 aliphatic carbocycles. The number of nitrogen functional groups attached to an aromatic ring is 1. The predicted molar refractivity (Wildman–Crippen MR) is 82.8 cm³/mol. The van der Waals surface area contributed by atoms with Gasteiger partial charge in [-0.05, 0) is 49.8 Å². The van der Waals surface area contributed by atoms with Gasteiger partial charge in [0.1, 0.15) is 0 Å². The maximum absolute atomic E-state index is 12.4. The van der Waals surface area contributed by atoms with Crippen molar-refractivity contribution in [1.29, 1.82) is 0 Å². The number of hydrogen-bond acceptors (Lipinski definition) is 3. The van der Waals surface area contributed by atoms with Crippen molar-refractivity contribution in [2.24, 2.45) is 5.92 Å². The zero-order valence-electron chi connectivity index (χ0n) is 12.3. The summed E-state index contributed by atoms with van der Waals surface area (Å²) in [5, 5.41) is 0. The zero-order valence-corrected chi connectivity index (χ0v) is 13.1. The minimum atomic E-state index is -3.49. The average molecular weight is 297 g/mol. The summed E-state index contributed by atoms with van der Waals surface area (Å²) in [6.45, 7) is 6.98. The monoisotopic (exact) mass is 297 g/mol. The topological polar surface area (TPSA) is 75.4 Å². The fourth-order valence-electron chi connectivity index (χ4n) is 2.54. The van der Waals surface area contributed by atoms with Crippen LogP contribution in [-0.4, -0.2) is 25.8 Å². The van der Waals surface area contributed by atoms with Crippen molar-refractivity contribution in [3.63, 3.8) is 0 Å². The van der Waals surface area contributed by atoms with Gasteiger partial charge >= 0.3 is 10.2 Å². The molecule has 3 N–H and O–H groups in total. The number of nitrogens with zero attached hydrogens (tertiary/aromatic N) is 1. The SMILES string of the molecule is Cc1ccc(NS(=O)(=O)N2CCCC(C)C2)c(C)c1N. The molecule has 1 atom stereocenters. The molecule has 20 heavy (non-hydrogen) atoms. The molecule has 0 aromatic heterocycles. The van der Waals surface area contributed by atoms with Crippen LogP contribution in [0.4, 0.5) is 11.4 Å². The van der Waals surface area contributed by atoms with Crippen LogP contribution < -0.4 is 10.5 Å². The highest BCUT2D eigenvalue weighted by atomic mass is 32.2. The van der Waals surface area contributed by atoms with Gasteiger partial charge in [0.25, 0.3) is 0 Å². The molecule has 1 fully saturated rings. The molecule has 1 aliphatic heterocycles. The third kappa shape index (κ3) is 3.07. The highest BCUT2D eigenvalue weighted by Gasteiger charge is 2.27. The molecule has 1 aromatic rings. The molecule has 1 heterocycles. The molecule has 112 valence electrons. The molecule has 0 spiro atoms. The Hall–Kier alpha value is -1.27. The van der Waals surface area contributed by atoms with Crippen LogP contribution >= 0.6 is 0 Å². The van der Waals surface area contributed by atoms with Crippen LogP contribution in [0.3, 0.4) is 0 Å². The Kier molecular flexibility index (Phi) is 4.25. The van der Waals surface area contributed by atoms with Gasteiger partial charge in [-0.1, -0.05) is 13.0 Å². The standard InChI is InChI=1S/C14H23N3O2S/c1-10-5-4-8-17(9-10)20(18,19)16-13-7-6-11(2)14(15)12(13)3/h6-7,10,16H,4-5,8-9,15H2,1-3H3. The van der Waals surface area contributed by atoms with Crippen LogP contribution in [0.2, 0.25) is 0 Å². The lowest BCUT2D eigenvalue weighted by molar-refractivity contribution is 0.282. The van der Waals surface area contributed by atoms with Gasteiger partial charge < -0.3 is 5.73 Å². The molecule has 0 saturated carbocycles. The summed E-state index contributed by atoms with van der Waals surface area (Å²) in [5.74, 6) is 0.407. The second-order valence-electron chi connectivity index (χ2n) is 5.68. The maximum atomic E-state index is 12.4. The number of hydrogen-bond donors (Lipinski definition) is 2. The molecular weight excluding hydrogens is 274 g/mol. The quantitative estimate of drug-likeness (QED) is 0.840. The van der Waals surface area contributed by atoms with Crippen LogP contribution in [0.25, 0.3) is 0 Å². The van der Waals surface area contributed by atoms with Gasteiger partial charge in [0.2, 0.25) is 0 Å². The lowest BCUT2D eigenvalue weighted by Crippen LogP contribution is -2.42. The van der Waals surface area contributed by atoms with Gasteiger partial charge in [-0.15, -0.1) is 0 Å². The predicted octanol–water partition coefficient (Wildman–Crippen LogP) is 2.27. The van der Waals surface area contributed by atoms with Crippen LogP contribution in [0.5, 0.6) is 0 Å². The van der Waals surface area contributed by atoms with Crippen molar-refractivity contribution in [1.82, 2.24) is 4.31 Å². The van der Waals surface area contributed by atoms with E-state index in [0.717, 1.165) is 24.0 Å². The third-order valence-electron chi connectivity index (χ3n) is 3.93. The fourth-order valence-corrected chi connectivity index (χ4v) is 3.99. The molecule has 0 radical (unpaired) electrons.